The van der Waals surface area contributed by atoms with Crippen LogP contribution in [-0.4, -0.2) is 68.0 Å². The molecule has 1 unspecified atom stereocenters. The largest absolute Gasteiger partial charge is 0.478 e. The second kappa shape index (κ2) is 12.7. The van der Waals surface area contributed by atoms with Gasteiger partial charge < -0.3 is 24.0 Å². The lowest BCUT2D eigenvalue weighted by Crippen LogP contribution is -2.62. The van der Waals surface area contributed by atoms with Crippen molar-refractivity contribution in [2.24, 2.45) is 7.05 Å². The highest BCUT2D eigenvalue weighted by Gasteiger charge is 2.48. The zero-order valence-corrected chi connectivity index (χ0v) is 28.3. The normalized spacial score (nSPS) is 18.8. The van der Waals surface area contributed by atoms with Crippen LogP contribution in [0.25, 0.3) is 11.1 Å². The number of rotatable bonds is 6. The van der Waals surface area contributed by atoms with Gasteiger partial charge in [0.25, 0.3) is 0 Å². The first-order valence-corrected chi connectivity index (χ1v) is 16.9. The van der Waals surface area contributed by atoms with E-state index in [9.17, 15) is 19.5 Å². The van der Waals surface area contributed by atoms with E-state index >= 15 is 0 Å². The topological polar surface area (TPSA) is 101 Å². The minimum absolute atomic E-state index is 0.0807. The van der Waals surface area contributed by atoms with Crippen LogP contribution < -0.4 is 0 Å². The summed E-state index contributed by atoms with van der Waals surface area (Å²) in [4.78, 5) is 43.5. The van der Waals surface area contributed by atoms with E-state index < -0.39 is 23.2 Å². The van der Waals surface area contributed by atoms with Gasteiger partial charge in [0.2, 0.25) is 0 Å². The fourth-order valence-corrected chi connectivity index (χ4v) is 8.04. The van der Waals surface area contributed by atoms with E-state index in [0.29, 0.717) is 25.1 Å². The van der Waals surface area contributed by atoms with Crippen molar-refractivity contribution in [3.8, 4) is 11.1 Å². The summed E-state index contributed by atoms with van der Waals surface area (Å²) in [6.45, 7) is 8.30. The molecule has 0 radical (unpaired) electrons. The monoisotopic (exact) mass is 641 g/mol. The van der Waals surface area contributed by atoms with Gasteiger partial charge in [-0.2, -0.15) is 0 Å². The predicted molar refractivity (Wildman–Crippen MR) is 179 cm³/mol. The number of likely N-dealkylation sites (tertiary alicyclic amines) is 1. The summed E-state index contributed by atoms with van der Waals surface area (Å²) in [7, 11) is 1.83. The highest BCUT2D eigenvalue weighted by atomic mass is 16.6. The van der Waals surface area contributed by atoms with Gasteiger partial charge in [-0.05, 0) is 81.7 Å². The van der Waals surface area contributed by atoms with Crippen molar-refractivity contribution in [2.75, 3.05) is 13.2 Å². The van der Waals surface area contributed by atoms with Crippen LogP contribution in [-0.2, 0) is 23.1 Å². The zero-order chi connectivity index (χ0) is 33.5. The van der Waals surface area contributed by atoms with Crippen LogP contribution in [0.1, 0.15) is 105 Å². The Labute approximate surface area is 277 Å². The molecular weight excluding hydrogens is 594 g/mol. The third-order valence-electron chi connectivity index (χ3n) is 10.5. The zero-order valence-electron chi connectivity index (χ0n) is 28.3. The van der Waals surface area contributed by atoms with E-state index in [4.69, 9.17) is 9.47 Å². The summed E-state index contributed by atoms with van der Waals surface area (Å²) in [5.74, 6) is -1.08. The van der Waals surface area contributed by atoms with Gasteiger partial charge in [0.15, 0.2) is 0 Å². The van der Waals surface area contributed by atoms with Gasteiger partial charge in [0.05, 0.1) is 12.1 Å². The maximum atomic E-state index is 14.3. The average molecular weight is 642 g/mol. The van der Waals surface area contributed by atoms with Crippen molar-refractivity contribution < 1.29 is 29.0 Å². The van der Waals surface area contributed by atoms with Crippen molar-refractivity contribution in [1.82, 2.24) is 14.4 Å². The van der Waals surface area contributed by atoms with Crippen molar-refractivity contribution in [3.05, 3.63) is 82.7 Å². The van der Waals surface area contributed by atoms with Crippen molar-refractivity contribution in [3.63, 3.8) is 0 Å². The van der Waals surface area contributed by atoms with Gasteiger partial charge in [-0.1, -0.05) is 67.8 Å². The van der Waals surface area contributed by atoms with Gasteiger partial charge in [0.1, 0.15) is 12.2 Å². The van der Waals surface area contributed by atoms with Crippen LogP contribution in [0, 0.1) is 6.92 Å². The molecule has 2 aromatic carbocycles. The minimum Gasteiger partial charge on any atom is -0.478 e. The van der Waals surface area contributed by atoms with Crippen molar-refractivity contribution in [1.29, 1.82) is 0 Å². The second-order valence-corrected chi connectivity index (χ2v) is 14.5. The lowest BCUT2D eigenvalue weighted by atomic mass is 9.73. The van der Waals surface area contributed by atoms with Gasteiger partial charge in [0, 0.05) is 42.5 Å². The molecule has 1 aliphatic heterocycles. The lowest BCUT2D eigenvalue weighted by Gasteiger charge is -2.53. The average Bonchev–Trinajstić information content (AvgIpc) is 3.51. The summed E-state index contributed by atoms with van der Waals surface area (Å²) in [6.07, 6.45) is 5.31. The number of nitrogens with zero attached hydrogens (tertiary/aromatic N) is 3. The molecule has 3 aliphatic rings. The highest BCUT2D eigenvalue weighted by Crippen LogP contribution is 2.45. The Morgan fingerprint density at radius 2 is 1.60 bits per heavy atom. The Kier molecular flexibility index (Phi) is 8.85. The third-order valence-corrected chi connectivity index (χ3v) is 10.5. The first-order chi connectivity index (χ1) is 22.4. The SMILES string of the molecule is Cc1c(C(=O)O)cc(CN(C(=O)OCC2c3ccccc3-c3ccccc32)C2CCN(C(=O)OC(C)(C)C)C3(CCCCC3)C2)n1C. The fourth-order valence-electron chi connectivity index (χ4n) is 8.04. The maximum Gasteiger partial charge on any atom is 0.410 e. The lowest BCUT2D eigenvalue weighted by molar-refractivity contribution is -0.0461. The van der Waals surface area contributed by atoms with Crippen molar-refractivity contribution >= 4 is 18.2 Å². The molecule has 2 fully saturated rings. The van der Waals surface area contributed by atoms with E-state index in [2.05, 4.69) is 24.3 Å². The molecule has 9 nitrogen and oxygen atoms in total. The van der Waals surface area contributed by atoms with Crippen LogP contribution in [0.2, 0.25) is 0 Å². The van der Waals surface area contributed by atoms with Crippen molar-refractivity contribution in [2.45, 2.75) is 102 Å². The molecule has 1 aromatic heterocycles. The molecular formula is C38H47N3O6. The van der Waals surface area contributed by atoms with E-state index in [1.165, 1.54) is 0 Å². The summed E-state index contributed by atoms with van der Waals surface area (Å²) in [5, 5.41) is 9.82. The first kappa shape index (κ1) is 32.7. The summed E-state index contributed by atoms with van der Waals surface area (Å²) < 4.78 is 13.9. The molecule has 1 N–H and O–H groups in total. The predicted octanol–water partition coefficient (Wildman–Crippen LogP) is 7.89. The van der Waals surface area contributed by atoms with Gasteiger partial charge in [-0.25, -0.2) is 14.4 Å². The number of benzene rings is 2. The molecule has 3 aromatic rings. The highest BCUT2D eigenvalue weighted by molar-refractivity contribution is 5.89. The fraction of sp³-hybridized carbons (Fsp3) is 0.500. The molecule has 1 atom stereocenters. The van der Waals surface area contributed by atoms with Gasteiger partial charge in [-0.15, -0.1) is 0 Å². The van der Waals surface area contributed by atoms with Crippen LogP contribution in [0.3, 0.4) is 0 Å². The van der Waals surface area contributed by atoms with Gasteiger partial charge in [-0.3, -0.25) is 4.90 Å². The van der Waals surface area contributed by atoms with Crippen LogP contribution in [0.15, 0.2) is 54.6 Å². The molecule has 6 rings (SSSR count). The van der Waals surface area contributed by atoms with E-state index in [1.54, 1.807) is 17.9 Å². The number of amides is 2. The van der Waals surface area contributed by atoms with E-state index in [0.717, 1.165) is 60.1 Å². The number of aromatic nitrogens is 1. The smallest absolute Gasteiger partial charge is 0.410 e. The van der Waals surface area contributed by atoms with Crippen LogP contribution in [0.5, 0.6) is 0 Å². The minimum atomic E-state index is -0.996. The summed E-state index contributed by atoms with van der Waals surface area (Å²) >= 11 is 0. The molecule has 2 heterocycles. The number of hydrogen-bond acceptors (Lipinski definition) is 5. The number of carbonyl (C=O) groups excluding carboxylic acids is 2. The Hall–Kier alpha value is -4.27. The Morgan fingerprint density at radius 1 is 0.979 bits per heavy atom. The molecule has 47 heavy (non-hydrogen) atoms. The molecule has 2 amide bonds. The second-order valence-electron chi connectivity index (χ2n) is 14.5. The molecule has 1 spiro atoms. The number of carboxylic acid groups (broad SMARTS) is 1. The standard InChI is InChI=1S/C38H47N3O6/c1-25-32(34(42)43)21-27(39(25)5)23-40(26-17-20-41(36(45)47-37(2,3)4)38(22-26)18-11-6-12-19-38)35(44)46-24-33-30-15-9-7-13-28(30)29-14-8-10-16-31(29)33/h7-10,13-16,21,26,33H,6,11-12,17-20,22-24H2,1-5H3,(H,42,43). The van der Waals surface area contributed by atoms with Gasteiger partial charge >= 0.3 is 18.2 Å². The molecule has 250 valence electrons. The number of carboxylic acids is 1. The molecule has 2 aliphatic carbocycles. The number of hydrogen-bond donors (Lipinski definition) is 1. The molecule has 0 bridgehead atoms. The summed E-state index contributed by atoms with van der Waals surface area (Å²) in [5.41, 5.74) is 5.16. The third kappa shape index (κ3) is 6.36. The van der Waals surface area contributed by atoms with E-state index in [-0.39, 0.29) is 36.8 Å². The number of aromatic carboxylic acids is 1. The first-order valence-electron chi connectivity index (χ1n) is 16.9. The Morgan fingerprint density at radius 3 is 2.17 bits per heavy atom. The number of piperidine rings is 1. The molecule has 1 saturated heterocycles. The number of fused-ring (bicyclic) bond motifs is 3. The molecule has 1 saturated carbocycles. The van der Waals surface area contributed by atoms with Crippen LogP contribution >= 0.6 is 0 Å². The quantitative estimate of drug-likeness (QED) is 0.294. The molecule has 9 heteroatoms. The number of ether oxygens (including phenoxy) is 2. The maximum absolute atomic E-state index is 14.3. The van der Waals surface area contributed by atoms with E-state index in [1.807, 2.05) is 61.6 Å². The summed E-state index contributed by atoms with van der Waals surface area (Å²) in [6, 6.07) is 18.0. The Balaban J connectivity index is 1.30. The Bertz CT molecular complexity index is 1620. The van der Waals surface area contributed by atoms with Crippen LogP contribution in [0.4, 0.5) is 9.59 Å². The number of carbonyl (C=O) groups is 3.